The van der Waals surface area contributed by atoms with Gasteiger partial charge in [0.2, 0.25) is 0 Å². The van der Waals surface area contributed by atoms with Crippen molar-refractivity contribution >= 4 is 17.3 Å². The van der Waals surface area contributed by atoms with Crippen molar-refractivity contribution in [3.63, 3.8) is 0 Å². The molecular weight excluding hydrogens is 338 g/mol. The van der Waals surface area contributed by atoms with Gasteiger partial charge in [-0.25, -0.2) is 0 Å². The summed E-state index contributed by atoms with van der Waals surface area (Å²) in [5.74, 6) is 0. The molecule has 0 fully saturated rings. The predicted molar refractivity (Wildman–Crippen MR) is 106 cm³/mol. The number of hydrogen-bond donors (Lipinski definition) is 0. The third-order valence-electron chi connectivity index (χ3n) is 4.58. The van der Waals surface area contributed by atoms with Crippen molar-refractivity contribution in [3.8, 4) is 6.07 Å². The van der Waals surface area contributed by atoms with Crippen LogP contribution in [0.25, 0.3) is 11.6 Å². The van der Waals surface area contributed by atoms with Crippen LogP contribution in [0.1, 0.15) is 28.1 Å². The van der Waals surface area contributed by atoms with Gasteiger partial charge in [0.15, 0.2) is 0 Å². The second-order valence-electron chi connectivity index (χ2n) is 6.38. The Morgan fingerprint density at radius 1 is 1.15 bits per heavy atom. The molecular formula is C22H19N3O2. The number of nitro benzene ring substituents is 1. The molecule has 3 aromatic rings. The molecule has 0 saturated carbocycles. The minimum Gasteiger partial charge on any atom is -0.344 e. The van der Waals surface area contributed by atoms with E-state index in [1.165, 1.54) is 17.7 Å². The van der Waals surface area contributed by atoms with Crippen molar-refractivity contribution in [2.45, 2.75) is 20.4 Å². The van der Waals surface area contributed by atoms with E-state index in [-0.39, 0.29) is 5.69 Å². The van der Waals surface area contributed by atoms with Crippen molar-refractivity contribution in [2.75, 3.05) is 0 Å². The fourth-order valence-electron chi connectivity index (χ4n) is 3.11. The van der Waals surface area contributed by atoms with Crippen LogP contribution in [0.3, 0.4) is 0 Å². The Morgan fingerprint density at radius 3 is 2.56 bits per heavy atom. The van der Waals surface area contributed by atoms with Gasteiger partial charge in [-0.15, -0.1) is 0 Å². The van der Waals surface area contributed by atoms with Gasteiger partial charge in [-0.1, -0.05) is 42.5 Å². The highest BCUT2D eigenvalue weighted by atomic mass is 16.6. The SMILES string of the molecule is Cc1cc(/C=C(\C#N)c2cccc([N+](=O)[O-])c2)c(C)n1Cc1ccccc1. The first-order valence-electron chi connectivity index (χ1n) is 8.57. The summed E-state index contributed by atoms with van der Waals surface area (Å²) in [7, 11) is 0. The predicted octanol–water partition coefficient (Wildman–Crippen LogP) is 5.13. The summed E-state index contributed by atoms with van der Waals surface area (Å²) in [6.07, 6.45) is 1.79. The highest BCUT2D eigenvalue weighted by Gasteiger charge is 2.12. The van der Waals surface area contributed by atoms with E-state index >= 15 is 0 Å². The maximum atomic E-state index is 11.0. The third kappa shape index (κ3) is 3.96. The second kappa shape index (κ2) is 7.71. The Morgan fingerprint density at radius 2 is 1.89 bits per heavy atom. The maximum Gasteiger partial charge on any atom is 0.270 e. The summed E-state index contributed by atoms with van der Waals surface area (Å²) in [6.45, 7) is 4.81. The Labute approximate surface area is 158 Å². The van der Waals surface area contributed by atoms with Crippen LogP contribution in [0, 0.1) is 35.3 Å². The van der Waals surface area contributed by atoms with Crippen molar-refractivity contribution in [3.05, 3.63) is 98.9 Å². The Bertz CT molecular complexity index is 1060. The van der Waals surface area contributed by atoms with Gasteiger partial charge in [0.05, 0.1) is 16.6 Å². The van der Waals surface area contributed by atoms with E-state index in [1.807, 2.05) is 38.1 Å². The second-order valence-corrected chi connectivity index (χ2v) is 6.38. The van der Waals surface area contributed by atoms with Crippen LogP contribution in [0.5, 0.6) is 0 Å². The molecule has 134 valence electrons. The van der Waals surface area contributed by atoms with Crippen molar-refractivity contribution in [1.29, 1.82) is 5.26 Å². The zero-order chi connectivity index (χ0) is 19.4. The molecule has 0 N–H and O–H groups in total. The molecule has 0 atom stereocenters. The third-order valence-corrected chi connectivity index (χ3v) is 4.58. The number of benzene rings is 2. The van der Waals surface area contributed by atoms with E-state index in [0.29, 0.717) is 11.1 Å². The lowest BCUT2D eigenvalue weighted by atomic mass is 10.0. The van der Waals surface area contributed by atoms with Crippen LogP contribution in [0.2, 0.25) is 0 Å². The molecule has 1 heterocycles. The molecule has 5 nitrogen and oxygen atoms in total. The van der Waals surface area contributed by atoms with E-state index in [9.17, 15) is 15.4 Å². The molecule has 2 aromatic carbocycles. The fraction of sp³-hybridized carbons (Fsp3) is 0.136. The van der Waals surface area contributed by atoms with E-state index in [4.69, 9.17) is 0 Å². The quantitative estimate of drug-likeness (QED) is 0.361. The van der Waals surface area contributed by atoms with Gasteiger partial charge in [-0.3, -0.25) is 10.1 Å². The molecule has 5 heteroatoms. The largest absolute Gasteiger partial charge is 0.344 e. The summed E-state index contributed by atoms with van der Waals surface area (Å²) in [5.41, 5.74) is 5.20. The minimum absolute atomic E-state index is 0.0248. The molecule has 0 aliphatic carbocycles. The number of aryl methyl sites for hydroxylation is 1. The van der Waals surface area contributed by atoms with Crippen LogP contribution in [-0.4, -0.2) is 9.49 Å². The molecule has 0 spiro atoms. The number of non-ortho nitro benzene ring substituents is 1. The zero-order valence-electron chi connectivity index (χ0n) is 15.2. The zero-order valence-corrected chi connectivity index (χ0v) is 15.2. The number of allylic oxidation sites excluding steroid dienone is 1. The first-order valence-corrected chi connectivity index (χ1v) is 8.57. The fourth-order valence-corrected chi connectivity index (χ4v) is 3.11. The lowest BCUT2D eigenvalue weighted by Crippen LogP contribution is -2.03. The monoisotopic (exact) mass is 357 g/mol. The molecule has 0 aliphatic rings. The average molecular weight is 357 g/mol. The Kier molecular flexibility index (Phi) is 5.18. The molecule has 0 saturated heterocycles. The molecule has 27 heavy (non-hydrogen) atoms. The first-order chi connectivity index (χ1) is 13.0. The lowest BCUT2D eigenvalue weighted by molar-refractivity contribution is -0.384. The molecule has 3 rings (SSSR count). The molecule has 0 radical (unpaired) electrons. The topological polar surface area (TPSA) is 71.9 Å². The highest BCUT2D eigenvalue weighted by molar-refractivity contribution is 5.90. The van der Waals surface area contributed by atoms with Crippen LogP contribution in [-0.2, 0) is 6.54 Å². The van der Waals surface area contributed by atoms with Crippen LogP contribution >= 0.6 is 0 Å². The Hall–Kier alpha value is -3.65. The molecule has 0 unspecified atom stereocenters. The van der Waals surface area contributed by atoms with E-state index in [2.05, 4.69) is 22.8 Å². The van der Waals surface area contributed by atoms with Crippen LogP contribution in [0.4, 0.5) is 5.69 Å². The molecule has 0 bridgehead atoms. The number of hydrogen-bond acceptors (Lipinski definition) is 3. The average Bonchev–Trinajstić information content (AvgIpc) is 2.94. The highest BCUT2D eigenvalue weighted by Crippen LogP contribution is 2.25. The Balaban J connectivity index is 1.98. The number of nitrogens with zero attached hydrogens (tertiary/aromatic N) is 3. The van der Waals surface area contributed by atoms with Crippen LogP contribution < -0.4 is 0 Å². The van der Waals surface area contributed by atoms with Gasteiger partial charge in [-0.2, -0.15) is 5.26 Å². The van der Waals surface area contributed by atoms with E-state index < -0.39 is 4.92 Å². The standard InChI is InChI=1S/C22H19N3O2/c1-16-11-20(17(2)24(16)15-18-7-4-3-5-8-18)12-21(14-23)19-9-6-10-22(13-19)25(26)27/h3-13H,15H2,1-2H3/b21-12+. The first kappa shape index (κ1) is 18.2. The molecule has 0 aliphatic heterocycles. The number of nitro groups is 1. The van der Waals surface area contributed by atoms with E-state index in [0.717, 1.165) is 23.5 Å². The molecule has 1 aromatic heterocycles. The number of aromatic nitrogens is 1. The molecule has 0 amide bonds. The smallest absolute Gasteiger partial charge is 0.270 e. The normalized spacial score (nSPS) is 11.2. The van der Waals surface area contributed by atoms with Crippen molar-refractivity contribution in [1.82, 2.24) is 4.57 Å². The number of nitriles is 1. The summed E-state index contributed by atoms with van der Waals surface area (Å²) >= 11 is 0. The summed E-state index contributed by atoms with van der Waals surface area (Å²) in [4.78, 5) is 10.5. The van der Waals surface area contributed by atoms with Gasteiger partial charge in [0.25, 0.3) is 5.69 Å². The van der Waals surface area contributed by atoms with Crippen LogP contribution in [0.15, 0.2) is 60.7 Å². The van der Waals surface area contributed by atoms with Crippen molar-refractivity contribution in [2.24, 2.45) is 0 Å². The van der Waals surface area contributed by atoms with Gasteiger partial charge >= 0.3 is 0 Å². The summed E-state index contributed by atoms with van der Waals surface area (Å²) in [5, 5.41) is 20.6. The van der Waals surface area contributed by atoms with Gasteiger partial charge in [0, 0.05) is 30.1 Å². The minimum atomic E-state index is -0.454. The summed E-state index contributed by atoms with van der Waals surface area (Å²) in [6, 6.07) is 20.5. The number of rotatable bonds is 5. The van der Waals surface area contributed by atoms with Crippen molar-refractivity contribution < 1.29 is 4.92 Å². The maximum absolute atomic E-state index is 11.0. The van der Waals surface area contributed by atoms with E-state index in [1.54, 1.807) is 18.2 Å². The lowest BCUT2D eigenvalue weighted by Gasteiger charge is -2.09. The summed E-state index contributed by atoms with van der Waals surface area (Å²) < 4.78 is 2.20. The van der Waals surface area contributed by atoms with Gasteiger partial charge < -0.3 is 4.57 Å². The van der Waals surface area contributed by atoms with Gasteiger partial charge in [-0.05, 0) is 42.7 Å². The van der Waals surface area contributed by atoms with Gasteiger partial charge in [0.1, 0.15) is 0 Å².